The van der Waals surface area contributed by atoms with Crippen molar-refractivity contribution >= 4 is 29.7 Å². The molecule has 41 heavy (non-hydrogen) atoms. The Balaban J connectivity index is 2.17. The molecule has 0 radical (unpaired) electrons. The van der Waals surface area contributed by atoms with E-state index in [1.807, 2.05) is 42.5 Å². The Hall–Kier alpha value is -3.04. The molecule has 1 N–H and O–H groups in total. The van der Waals surface area contributed by atoms with E-state index in [9.17, 15) is 19.5 Å². The maximum Gasteiger partial charge on any atom is 0.303 e. The van der Waals surface area contributed by atoms with Crippen molar-refractivity contribution in [3.8, 4) is 5.75 Å². The fourth-order valence-electron chi connectivity index (χ4n) is 4.89. The number of phenols is 1. The first-order valence-corrected chi connectivity index (χ1v) is 14.6. The van der Waals surface area contributed by atoms with E-state index in [2.05, 4.69) is 41.5 Å². The molecule has 8 nitrogen and oxygen atoms in total. The molecule has 0 bridgehead atoms. The highest BCUT2D eigenvalue weighted by Gasteiger charge is 2.48. The first-order valence-electron chi connectivity index (χ1n) is 13.7. The summed E-state index contributed by atoms with van der Waals surface area (Å²) in [7, 11) is 0. The van der Waals surface area contributed by atoms with Crippen molar-refractivity contribution in [2.24, 2.45) is 0 Å². The number of carbonyl (C=O) groups excluding carboxylic acids is 3. The van der Waals surface area contributed by atoms with Gasteiger partial charge in [0.05, 0.1) is 11.9 Å². The quantitative estimate of drug-likeness (QED) is 0.310. The third-order valence-electron chi connectivity index (χ3n) is 6.73. The zero-order valence-corrected chi connectivity index (χ0v) is 26.2. The van der Waals surface area contributed by atoms with E-state index >= 15 is 0 Å². The van der Waals surface area contributed by atoms with Gasteiger partial charge in [-0.15, -0.1) is 11.8 Å². The van der Waals surface area contributed by atoms with Crippen molar-refractivity contribution in [1.29, 1.82) is 0 Å². The van der Waals surface area contributed by atoms with Crippen molar-refractivity contribution in [3.63, 3.8) is 0 Å². The van der Waals surface area contributed by atoms with Gasteiger partial charge in [-0.25, -0.2) is 0 Å². The SMILES string of the molecule is CC(=O)OC1C(OC(C)=O)[C@H](S[C@H](c2ccccc2)c2cc(C(C)(C)C)c(O)c(C(C)(C)C)c2)OC[C@H]1OC(C)=O. The van der Waals surface area contributed by atoms with Gasteiger partial charge in [0.15, 0.2) is 18.3 Å². The molecule has 224 valence electrons. The van der Waals surface area contributed by atoms with Crippen LogP contribution in [0.5, 0.6) is 5.75 Å². The van der Waals surface area contributed by atoms with Gasteiger partial charge in [-0.2, -0.15) is 0 Å². The van der Waals surface area contributed by atoms with Gasteiger partial charge < -0.3 is 24.1 Å². The zero-order valence-electron chi connectivity index (χ0n) is 25.3. The van der Waals surface area contributed by atoms with Crippen LogP contribution >= 0.6 is 11.8 Å². The van der Waals surface area contributed by atoms with Gasteiger partial charge in [0.25, 0.3) is 0 Å². The van der Waals surface area contributed by atoms with Crippen molar-refractivity contribution in [2.45, 2.75) is 102 Å². The van der Waals surface area contributed by atoms with E-state index in [1.165, 1.54) is 32.5 Å². The fraction of sp³-hybridized carbons (Fsp3) is 0.531. The summed E-state index contributed by atoms with van der Waals surface area (Å²) in [4.78, 5) is 36.1. The van der Waals surface area contributed by atoms with E-state index in [0.717, 1.165) is 22.3 Å². The van der Waals surface area contributed by atoms with Crippen molar-refractivity contribution in [3.05, 3.63) is 64.7 Å². The molecule has 0 aliphatic carbocycles. The lowest BCUT2D eigenvalue weighted by Gasteiger charge is -2.41. The number of benzene rings is 2. The Bertz CT molecular complexity index is 1210. The van der Waals surface area contributed by atoms with Gasteiger partial charge in [-0.05, 0) is 33.1 Å². The maximum absolute atomic E-state index is 12.2. The first kappa shape index (κ1) is 32.5. The van der Waals surface area contributed by atoms with Gasteiger partial charge in [0.2, 0.25) is 0 Å². The van der Waals surface area contributed by atoms with Gasteiger partial charge in [-0.3, -0.25) is 14.4 Å². The third kappa shape index (κ3) is 8.26. The predicted octanol–water partition coefficient (Wildman–Crippen LogP) is 5.96. The Morgan fingerprint density at radius 3 is 1.76 bits per heavy atom. The lowest BCUT2D eigenvalue weighted by molar-refractivity contribution is -0.213. The first-order chi connectivity index (χ1) is 19.0. The smallest absolute Gasteiger partial charge is 0.303 e. The van der Waals surface area contributed by atoms with E-state index in [4.69, 9.17) is 18.9 Å². The lowest BCUT2D eigenvalue weighted by atomic mass is 9.78. The molecule has 1 aliphatic rings. The van der Waals surface area contributed by atoms with Crippen molar-refractivity contribution in [1.82, 2.24) is 0 Å². The molecule has 3 rings (SSSR count). The number of ether oxygens (including phenoxy) is 4. The van der Waals surface area contributed by atoms with Crippen molar-refractivity contribution < 1.29 is 38.4 Å². The van der Waals surface area contributed by atoms with Crippen LogP contribution in [-0.4, -0.2) is 53.4 Å². The van der Waals surface area contributed by atoms with Crippen LogP contribution in [-0.2, 0) is 44.2 Å². The summed E-state index contributed by atoms with van der Waals surface area (Å²) in [5.74, 6) is -1.48. The molecule has 2 unspecified atom stereocenters. The van der Waals surface area contributed by atoms with Gasteiger partial charge >= 0.3 is 17.9 Å². The normalized spacial score (nSPS) is 22.0. The highest BCUT2D eigenvalue weighted by atomic mass is 32.2. The van der Waals surface area contributed by atoms with E-state index in [-0.39, 0.29) is 28.4 Å². The second-order valence-corrected chi connectivity index (χ2v) is 13.6. The molecule has 0 aromatic heterocycles. The van der Waals surface area contributed by atoms with Crippen LogP contribution in [0.15, 0.2) is 42.5 Å². The highest BCUT2D eigenvalue weighted by Crippen LogP contribution is 2.47. The minimum atomic E-state index is -1.06. The van der Waals surface area contributed by atoms with Crippen molar-refractivity contribution in [2.75, 3.05) is 6.61 Å². The molecule has 1 heterocycles. The molecule has 2 aromatic rings. The monoisotopic (exact) mass is 586 g/mol. The third-order valence-corrected chi connectivity index (χ3v) is 8.22. The Kier molecular flexibility index (Phi) is 10.2. The number of aromatic hydroxyl groups is 1. The molecule has 1 aliphatic heterocycles. The summed E-state index contributed by atoms with van der Waals surface area (Å²) in [6.07, 6.45) is -3.05. The summed E-state index contributed by atoms with van der Waals surface area (Å²) < 4.78 is 22.8. The van der Waals surface area contributed by atoms with Crippen LogP contribution in [0.3, 0.4) is 0 Å². The number of thioether (sulfide) groups is 1. The van der Waals surface area contributed by atoms with Crippen LogP contribution in [0.2, 0.25) is 0 Å². The molecule has 9 heteroatoms. The Morgan fingerprint density at radius 1 is 0.805 bits per heavy atom. The fourth-order valence-corrected chi connectivity index (χ4v) is 6.29. The van der Waals surface area contributed by atoms with Gasteiger partial charge in [0.1, 0.15) is 11.2 Å². The number of carbonyl (C=O) groups is 3. The number of rotatable bonds is 7. The minimum Gasteiger partial charge on any atom is -0.507 e. The van der Waals surface area contributed by atoms with Gasteiger partial charge in [-0.1, -0.05) is 84.0 Å². The standard InChI is InChI=1S/C32H42O8S/c1-18(33)38-25-17-37-30(28(40-20(3)35)27(25)39-19(2)34)41-29(21-13-11-10-12-14-21)22-15-23(31(4,5)6)26(36)24(16-22)32(7,8)9/h10-16,25,27-30,36H,17H2,1-9H3/t25-,27?,28?,29-,30+/m1/s1. The lowest BCUT2D eigenvalue weighted by Crippen LogP contribution is -2.56. The van der Waals surface area contributed by atoms with Crippen LogP contribution in [0.25, 0.3) is 0 Å². The van der Waals surface area contributed by atoms with E-state index in [1.54, 1.807) is 0 Å². The van der Waals surface area contributed by atoms with Gasteiger partial charge in [0, 0.05) is 20.8 Å². The molecular weight excluding hydrogens is 544 g/mol. The average molecular weight is 587 g/mol. The summed E-state index contributed by atoms with van der Waals surface area (Å²) in [6.45, 7) is 16.1. The number of phenolic OH excluding ortho intramolecular Hbond substituents is 1. The number of hydrogen-bond donors (Lipinski definition) is 1. The highest BCUT2D eigenvalue weighted by molar-refractivity contribution is 8.00. The molecule has 1 saturated heterocycles. The van der Waals surface area contributed by atoms with Crippen LogP contribution in [0.4, 0.5) is 0 Å². The van der Waals surface area contributed by atoms with Crippen LogP contribution in [0, 0.1) is 0 Å². The molecular formula is C32H42O8S. The molecule has 0 amide bonds. The molecule has 0 saturated carbocycles. The minimum absolute atomic E-state index is 0.0511. The zero-order chi connectivity index (χ0) is 30.7. The van der Waals surface area contributed by atoms with E-state index < -0.39 is 41.7 Å². The predicted molar refractivity (Wildman–Crippen MR) is 158 cm³/mol. The second-order valence-electron chi connectivity index (χ2n) is 12.4. The number of hydrogen-bond acceptors (Lipinski definition) is 9. The summed E-state index contributed by atoms with van der Waals surface area (Å²) >= 11 is 1.41. The maximum atomic E-state index is 12.2. The van der Waals surface area contributed by atoms with Crippen LogP contribution < -0.4 is 0 Å². The summed E-state index contributed by atoms with van der Waals surface area (Å²) in [6, 6.07) is 13.9. The summed E-state index contributed by atoms with van der Waals surface area (Å²) in [5.41, 5.74) is 2.08. The molecule has 2 aromatic carbocycles. The average Bonchev–Trinajstić information content (AvgIpc) is 2.84. The molecule has 5 atom stereocenters. The summed E-state index contributed by atoms with van der Waals surface area (Å²) in [5, 5.41) is 11.0. The molecule has 1 fully saturated rings. The largest absolute Gasteiger partial charge is 0.507 e. The Morgan fingerprint density at radius 2 is 1.29 bits per heavy atom. The topological polar surface area (TPSA) is 108 Å². The molecule has 0 spiro atoms. The second kappa shape index (κ2) is 12.9. The number of esters is 3. The van der Waals surface area contributed by atoms with Crippen LogP contribution in [0.1, 0.15) is 89.8 Å². The Labute approximate surface area is 247 Å². The van der Waals surface area contributed by atoms with E-state index in [0.29, 0.717) is 0 Å².